The van der Waals surface area contributed by atoms with Crippen molar-refractivity contribution in [2.45, 2.75) is 26.4 Å². The second kappa shape index (κ2) is 9.08. The van der Waals surface area contributed by atoms with Crippen molar-refractivity contribution in [2.24, 2.45) is 5.92 Å². The number of amides is 1. The molecule has 7 heteroatoms. The lowest BCUT2D eigenvalue weighted by Crippen LogP contribution is -2.28. The van der Waals surface area contributed by atoms with E-state index in [1.54, 1.807) is 29.2 Å². The topological polar surface area (TPSA) is 66.8 Å². The Bertz CT molecular complexity index is 1080. The van der Waals surface area contributed by atoms with Gasteiger partial charge in [0.2, 0.25) is 0 Å². The molecule has 1 atom stereocenters. The monoisotopic (exact) mass is 453 g/mol. The molecule has 1 aromatic carbocycles. The average Bonchev–Trinajstić information content (AvgIpc) is 3.51. The molecule has 0 saturated carbocycles. The number of rotatable bonds is 7. The highest BCUT2D eigenvalue weighted by Gasteiger charge is 2.46. The van der Waals surface area contributed by atoms with Crippen LogP contribution in [0.25, 0.3) is 5.76 Å². The van der Waals surface area contributed by atoms with Crippen LogP contribution in [0, 0.1) is 5.92 Å². The number of hydrogen-bond donors (Lipinski definition) is 1. The van der Waals surface area contributed by atoms with E-state index in [1.165, 1.54) is 22.7 Å². The lowest BCUT2D eigenvalue weighted by Gasteiger charge is -2.23. The summed E-state index contributed by atoms with van der Waals surface area (Å²) in [6.45, 7) is 5.06. The molecule has 1 fully saturated rings. The minimum atomic E-state index is -0.660. The third-order valence-electron chi connectivity index (χ3n) is 4.97. The predicted octanol–water partition coefficient (Wildman–Crippen LogP) is 5.47. The second-order valence-electron chi connectivity index (χ2n) is 7.75. The van der Waals surface area contributed by atoms with Crippen LogP contribution in [-0.4, -0.2) is 28.3 Å². The number of ketones is 1. The van der Waals surface area contributed by atoms with E-state index in [9.17, 15) is 14.7 Å². The molecule has 5 nitrogen and oxygen atoms in total. The quantitative estimate of drug-likeness (QED) is 0.293. The van der Waals surface area contributed by atoms with Gasteiger partial charge in [-0.15, -0.1) is 22.7 Å². The van der Waals surface area contributed by atoms with Crippen molar-refractivity contribution in [3.63, 3.8) is 0 Å². The van der Waals surface area contributed by atoms with Crippen molar-refractivity contribution in [2.75, 3.05) is 6.61 Å². The molecule has 1 aliphatic heterocycles. The molecule has 0 spiro atoms. The van der Waals surface area contributed by atoms with Crippen LogP contribution in [-0.2, 0) is 16.1 Å². The molecule has 1 unspecified atom stereocenters. The Morgan fingerprint density at radius 3 is 2.39 bits per heavy atom. The normalized spacial score (nSPS) is 18.2. The summed E-state index contributed by atoms with van der Waals surface area (Å²) in [4.78, 5) is 29.3. The predicted molar refractivity (Wildman–Crippen MR) is 123 cm³/mol. The first-order valence-corrected chi connectivity index (χ1v) is 11.8. The van der Waals surface area contributed by atoms with Gasteiger partial charge in [0.15, 0.2) is 0 Å². The number of likely N-dealkylation sites (tertiary alicyclic amines) is 1. The number of carbonyl (C=O) groups is 2. The molecule has 160 valence electrons. The Morgan fingerprint density at radius 2 is 1.77 bits per heavy atom. The van der Waals surface area contributed by atoms with Crippen LogP contribution < -0.4 is 4.74 Å². The summed E-state index contributed by atoms with van der Waals surface area (Å²) in [5.74, 6) is -0.324. The molecule has 3 heterocycles. The number of carbonyl (C=O) groups excluding carboxylic acids is 2. The lowest BCUT2D eigenvalue weighted by molar-refractivity contribution is -0.140. The van der Waals surface area contributed by atoms with E-state index in [-0.39, 0.29) is 11.3 Å². The van der Waals surface area contributed by atoms with Crippen LogP contribution in [0.15, 0.2) is 64.9 Å². The van der Waals surface area contributed by atoms with Crippen LogP contribution in [0.2, 0.25) is 0 Å². The van der Waals surface area contributed by atoms with Gasteiger partial charge in [0.1, 0.15) is 17.6 Å². The zero-order valence-electron chi connectivity index (χ0n) is 17.3. The Balaban J connectivity index is 1.71. The number of hydrogen-bond acceptors (Lipinski definition) is 6. The van der Waals surface area contributed by atoms with Crippen LogP contribution in [0.4, 0.5) is 0 Å². The largest absolute Gasteiger partial charge is 0.507 e. The number of benzene rings is 1. The van der Waals surface area contributed by atoms with Crippen molar-refractivity contribution in [1.29, 1.82) is 0 Å². The summed E-state index contributed by atoms with van der Waals surface area (Å²) in [5, 5.41) is 14.9. The van der Waals surface area contributed by atoms with E-state index in [0.717, 1.165) is 9.75 Å². The Kier molecular flexibility index (Phi) is 6.25. The van der Waals surface area contributed by atoms with Crippen LogP contribution >= 0.6 is 22.7 Å². The molecule has 1 saturated heterocycles. The van der Waals surface area contributed by atoms with Crippen molar-refractivity contribution in [3.8, 4) is 5.75 Å². The van der Waals surface area contributed by atoms with Crippen molar-refractivity contribution >= 4 is 40.1 Å². The van der Waals surface area contributed by atoms with Gasteiger partial charge in [-0.05, 0) is 53.1 Å². The minimum Gasteiger partial charge on any atom is -0.507 e. The fraction of sp³-hybridized carbons (Fsp3) is 0.250. The Labute approximate surface area is 189 Å². The molecule has 4 rings (SSSR count). The zero-order chi connectivity index (χ0) is 22.0. The fourth-order valence-corrected chi connectivity index (χ4v) is 5.03. The second-order valence-corrected chi connectivity index (χ2v) is 9.76. The molecule has 1 amide bonds. The van der Waals surface area contributed by atoms with Gasteiger partial charge in [0.25, 0.3) is 11.7 Å². The first-order chi connectivity index (χ1) is 15.0. The molecule has 0 aliphatic carbocycles. The summed E-state index contributed by atoms with van der Waals surface area (Å²) in [6.07, 6.45) is 0. The van der Waals surface area contributed by atoms with Gasteiger partial charge in [-0.2, -0.15) is 0 Å². The standard InChI is InChI=1S/C24H23NO4S2/c1-15(2)14-29-17-9-7-16(8-10-17)22(26)20-21(19-6-4-12-31-19)25(24(28)23(20)27)13-18-5-3-11-30-18/h3-12,15,21,26H,13-14H2,1-2H3/b22-20-. The molecule has 31 heavy (non-hydrogen) atoms. The van der Waals surface area contributed by atoms with E-state index in [2.05, 4.69) is 13.8 Å². The number of thiophene rings is 2. The molecule has 0 radical (unpaired) electrons. The van der Waals surface area contributed by atoms with E-state index in [0.29, 0.717) is 30.4 Å². The minimum absolute atomic E-state index is 0.125. The Morgan fingerprint density at radius 1 is 1.06 bits per heavy atom. The molecular formula is C24H23NO4S2. The maximum Gasteiger partial charge on any atom is 0.296 e. The third kappa shape index (κ3) is 4.43. The van der Waals surface area contributed by atoms with Gasteiger partial charge in [0.05, 0.1) is 18.7 Å². The summed E-state index contributed by atoms with van der Waals surface area (Å²) >= 11 is 2.99. The Hall–Kier alpha value is -2.90. The van der Waals surface area contributed by atoms with Gasteiger partial charge < -0.3 is 14.7 Å². The molecular weight excluding hydrogens is 430 g/mol. The van der Waals surface area contributed by atoms with Crippen molar-refractivity contribution < 1.29 is 19.4 Å². The van der Waals surface area contributed by atoms with Gasteiger partial charge in [-0.25, -0.2) is 0 Å². The number of aliphatic hydroxyl groups is 1. The van der Waals surface area contributed by atoms with E-state index >= 15 is 0 Å². The van der Waals surface area contributed by atoms with Gasteiger partial charge >= 0.3 is 0 Å². The molecule has 2 aromatic heterocycles. The van der Waals surface area contributed by atoms with Gasteiger partial charge in [0, 0.05) is 15.3 Å². The number of aliphatic hydroxyl groups excluding tert-OH is 1. The maximum atomic E-state index is 13.0. The number of nitrogens with zero attached hydrogens (tertiary/aromatic N) is 1. The summed E-state index contributed by atoms with van der Waals surface area (Å²) in [5.41, 5.74) is 0.604. The summed E-state index contributed by atoms with van der Waals surface area (Å²) in [6, 6.07) is 14.0. The van der Waals surface area contributed by atoms with Crippen molar-refractivity contribution in [3.05, 3.63) is 80.2 Å². The number of Topliss-reactive ketones (excluding diaryl/α,β-unsaturated/α-hetero) is 1. The van der Waals surface area contributed by atoms with Gasteiger partial charge in [-0.1, -0.05) is 26.0 Å². The van der Waals surface area contributed by atoms with E-state index in [4.69, 9.17) is 4.74 Å². The fourth-order valence-electron chi connectivity index (χ4n) is 3.48. The van der Waals surface area contributed by atoms with Crippen molar-refractivity contribution in [1.82, 2.24) is 4.90 Å². The molecule has 3 aromatic rings. The van der Waals surface area contributed by atoms with Crippen LogP contribution in [0.5, 0.6) is 5.75 Å². The zero-order valence-corrected chi connectivity index (χ0v) is 18.9. The third-order valence-corrected chi connectivity index (χ3v) is 6.76. The molecule has 0 bridgehead atoms. The summed E-state index contributed by atoms with van der Waals surface area (Å²) < 4.78 is 5.70. The molecule has 1 aliphatic rings. The van der Waals surface area contributed by atoms with Crippen LogP contribution in [0.3, 0.4) is 0 Å². The maximum absolute atomic E-state index is 13.0. The smallest absolute Gasteiger partial charge is 0.296 e. The highest BCUT2D eigenvalue weighted by atomic mass is 32.1. The molecule has 1 N–H and O–H groups in total. The highest BCUT2D eigenvalue weighted by molar-refractivity contribution is 7.10. The highest BCUT2D eigenvalue weighted by Crippen LogP contribution is 2.42. The lowest BCUT2D eigenvalue weighted by atomic mass is 10.00. The SMILES string of the molecule is CC(C)COc1ccc(/C(O)=C2/C(=O)C(=O)N(Cc3cccs3)C2c2cccs2)cc1. The van der Waals surface area contributed by atoms with Crippen LogP contribution in [0.1, 0.15) is 35.2 Å². The first-order valence-electron chi connectivity index (χ1n) is 10.0. The number of ether oxygens (including phenoxy) is 1. The van der Waals surface area contributed by atoms with E-state index in [1.807, 2.05) is 35.0 Å². The summed E-state index contributed by atoms with van der Waals surface area (Å²) in [7, 11) is 0. The first kappa shape index (κ1) is 21.3. The van der Waals surface area contributed by atoms with E-state index < -0.39 is 17.7 Å². The van der Waals surface area contributed by atoms with Gasteiger partial charge in [-0.3, -0.25) is 9.59 Å². The average molecular weight is 454 g/mol.